The maximum atomic E-state index is 12.0. The Bertz CT molecular complexity index is 485. The number of carbonyl (C=O) groups is 2. The molecule has 1 aromatic carbocycles. The second-order valence-electron chi connectivity index (χ2n) is 4.46. The van der Waals surface area contributed by atoms with Gasteiger partial charge in [-0.15, -0.1) is 0 Å². The highest BCUT2D eigenvalue weighted by atomic mass is 16.5. The van der Waals surface area contributed by atoms with Crippen LogP contribution in [-0.2, 0) is 9.47 Å². The first-order valence-corrected chi connectivity index (χ1v) is 6.57. The zero-order chi connectivity index (χ0) is 15.1. The van der Waals surface area contributed by atoms with Crippen molar-refractivity contribution < 1.29 is 19.1 Å². The van der Waals surface area contributed by atoms with Crippen molar-refractivity contribution in [3.8, 4) is 0 Å². The molecule has 5 nitrogen and oxygen atoms in total. The molecule has 0 atom stereocenters. The molecule has 0 radical (unpaired) electrons. The summed E-state index contributed by atoms with van der Waals surface area (Å²) in [6.07, 6.45) is 2.05. The van der Waals surface area contributed by atoms with Crippen LogP contribution in [0.2, 0.25) is 0 Å². The summed E-state index contributed by atoms with van der Waals surface area (Å²) in [6, 6.07) is 5.10. The Labute approximate surface area is 119 Å². The van der Waals surface area contributed by atoms with Crippen molar-refractivity contribution in [2.24, 2.45) is 0 Å². The quantitative estimate of drug-likeness (QED) is 0.749. The van der Waals surface area contributed by atoms with Crippen LogP contribution < -0.4 is 4.90 Å². The van der Waals surface area contributed by atoms with E-state index in [4.69, 9.17) is 9.47 Å². The zero-order valence-electron chi connectivity index (χ0n) is 12.4. The van der Waals surface area contributed by atoms with Crippen molar-refractivity contribution in [1.29, 1.82) is 0 Å². The molecule has 0 saturated carbocycles. The number of hydrogen-bond acceptors (Lipinski definition) is 5. The topological polar surface area (TPSA) is 55.8 Å². The Kier molecular flexibility index (Phi) is 6.03. The summed E-state index contributed by atoms with van der Waals surface area (Å²) >= 11 is 0. The smallest absolute Gasteiger partial charge is 0.340 e. The minimum atomic E-state index is -0.545. The van der Waals surface area contributed by atoms with Crippen LogP contribution in [0.15, 0.2) is 18.2 Å². The van der Waals surface area contributed by atoms with E-state index in [9.17, 15) is 9.59 Å². The minimum Gasteiger partial charge on any atom is -0.465 e. The molecule has 0 amide bonds. The molecule has 0 N–H and O–H groups in total. The van der Waals surface area contributed by atoms with E-state index in [1.807, 2.05) is 11.9 Å². The lowest BCUT2D eigenvalue weighted by atomic mass is 10.0. The van der Waals surface area contributed by atoms with Gasteiger partial charge in [-0.3, -0.25) is 0 Å². The number of esters is 2. The first kappa shape index (κ1) is 16.0. The van der Waals surface area contributed by atoms with Gasteiger partial charge in [0, 0.05) is 13.6 Å². The molecule has 0 bridgehead atoms. The molecule has 0 saturated heterocycles. The van der Waals surface area contributed by atoms with Crippen LogP contribution in [0.1, 0.15) is 40.5 Å². The monoisotopic (exact) mass is 279 g/mol. The number of ether oxygens (including phenoxy) is 2. The van der Waals surface area contributed by atoms with E-state index >= 15 is 0 Å². The largest absolute Gasteiger partial charge is 0.465 e. The zero-order valence-corrected chi connectivity index (χ0v) is 12.4. The van der Waals surface area contributed by atoms with Crippen LogP contribution in [0, 0.1) is 0 Å². The molecule has 0 aliphatic carbocycles. The highest BCUT2D eigenvalue weighted by molar-refractivity contribution is 6.07. The predicted molar refractivity (Wildman–Crippen MR) is 77.3 cm³/mol. The average Bonchev–Trinajstić information content (AvgIpc) is 2.50. The van der Waals surface area contributed by atoms with E-state index in [1.165, 1.54) is 14.2 Å². The third-order valence-corrected chi connectivity index (χ3v) is 3.10. The van der Waals surface area contributed by atoms with Crippen molar-refractivity contribution in [3.63, 3.8) is 0 Å². The molecular formula is C15H21NO4. The molecule has 0 aliphatic heterocycles. The first-order valence-electron chi connectivity index (χ1n) is 6.57. The fourth-order valence-electron chi connectivity index (χ4n) is 1.97. The van der Waals surface area contributed by atoms with Crippen molar-refractivity contribution in [3.05, 3.63) is 29.3 Å². The number of carbonyl (C=O) groups excluding carboxylic acids is 2. The van der Waals surface area contributed by atoms with Crippen LogP contribution in [-0.4, -0.2) is 39.8 Å². The minimum absolute atomic E-state index is 0.222. The van der Waals surface area contributed by atoms with Crippen molar-refractivity contribution in [2.75, 3.05) is 32.7 Å². The van der Waals surface area contributed by atoms with Crippen LogP contribution in [0.25, 0.3) is 0 Å². The summed E-state index contributed by atoms with van der Waals surface area (Å²) < 4.78 is 9.52. The SMILES string of the molecule is CCCCN(C)c1cccc(C(=O)OC)c1C(=O)OC. The normalized spacial score (nSPS) is 10.0. The third-order valence-electron chi connectivity index (χ3n) is 3.10. The molecular weight excluding hydrogens is 258 g/mol. The van der Waals surface area contributed by atoms with Crippen LogP contribution in [0.5, 0.6) is 0 Å². The molecule has 0 unspecified atom stereocenters. The molecule has 0 aromatic heterocycles. The Balaban J connectivity index is 3.29. The van der Waals surface area contributed by atoms with Gasteiger partial charge in [-0.05, 0) is 18.6 Å². The summed E-state index contributed by atoms with van der Waals surface area (Å²) in [5.41, 5.74) is 1.15. The highest BCUT2D eigenvalue weighted by Crippen LogP contribution is 2.25. The van der Waals surface area contributed by atoms with Crippen LogP contribution in [0.4, 0.5) is 5.69 Å². The highest BCUT2D eigenvalue weighted by Gasteiger charge is 2.23. The third kappa shape index (κ3) is 3.50. The fraction of sp³-hybridized carbons (Fsp3) is 0.467. The molecule has 20 heavy (non-hydrogen) atoms. The summed E-state index contributed by atoms with van der Waals surface area (Å²) in [6.45, 7) is 2.89. The second-order valence-corrected chi connectivity index (χ2v) is 4.46. The van der Waals surface area contributed by atoms with Gasteiger partial charge in [0.1, 0.15) is 0 Å². The fourth-order valence-corrected chi connectivity index (χ4v) is 1.97. The number of methoxy groups -OCH3 is 2. The molecule has 110 valence electrons. The molecule has 0 heterocycles. The van der Waals surface area contributed by atoms with E-state index in [0.717, 1.165) is 19.4 Å². The van der Waals surface area contributed by atoms with Gasteiger partial charge in [0.25, 0.3) is 0 Å². The van der Waals surface area contributed by atoms with Crippen LogP contribution >= 0.6 is 0 Å². The summed E-state index contributed by atoms with van der Waals surface area (Å²) in [5.74, 6) is -1.08. The Morgan fingerprint density at radius 2 is 1.80 bits per heavy atom. The van der Waals surface area contributed by atoms with Gasteiger partial charge < -0.3 is 14.4 Å². The van der Waals surface area contributed by atoms with Gasteiger partial charge in [-0.2, -0.15) is 0 Å². The van der Waals surface area contributed by atoms with Gasteiger partial charge >= 0.3 is 11.9 Å². The summed E-state index contributed by atoms with van der Waals surface area (Å²) in [4.78, 5) is 25.7. The van der Waals surface area contributed by atoms with E-state index in [0.29, 0.717) is 5.69 Å². The first-order chi connectivity index (χ1) is 9.56. The van der Waals surface area contributed by atoms with E-state index in [-0.39, 0.29) is 11.1 Å². The van der Waals surface area contributed by atoms with Gasteiger partial charge in [0.15, 0.2) is 0 Å². The van der Waals surface area contributed by atoms with Crippen molar-refractivity contribution >= 4 is 17.6 Å². The Morgan fingerprint density at radius 3 is 2.35 bits per heavy atom. The maximum absolute atomic E-state index is 12.0. The molecule has 0 fully saturated rings. The molecule has 1 rings (SSSR count). The standard InChI is InChI=1S/C15H21NO4/c1-5-6-10-16(2)12-9-7-8-11(14(17)19-3)13(12)15(18)20-4/h7-9H,5-6,10H2,1-4H3. The lowest BCUT2D eigenvalue weighted by molar-refractivity contribution is 0.0556. The number of anilines is 1. The number of rotatable bonds is 6. The summed E-state index contributed by atoms with van der Waals surface area (Å²) in [5, 5.41) is 0. The van der Waals surface area contributed by atoms with Gasteiger partial charge in [-0.25, -0.2) is 9.59 Å². The Hall–Kier alpha value is -2.04. The van der Waals surface area contributed by atoms with Gasteiger partial charge in [-0.1, -0.05) is 19.4 Å². The lowest BCUT2D eigenvalue weighted by Crippen LogP contribution is -2.23. The second kappa shape index (κ2) is 7.53. The number of hydrogen-bond donors (Lipinski definition) is 0. The predicted octanol–water partition coefficient (Wildman–Crippen LogP) is 2.50. The van der Waals surface area contributed by atoms with E-state index < -0.39 is 11.9 Å². The van der Waals surface area contributed by atoms with Gasteiger partial charge in [0.2, 0.25) is 0 Å². The summed E-state index contributed by atoms with van der Waals surface area (Å²) in [7, 11) is 4.47. The average molecular weight is 279 g/mol. The van der Waals surface area contributed by atoms with Crippen molar-refractivity contribution in [1.82, 2.24) is 0 Å². The number of benzene rings is 1. The number of nitrogens with zero attached hydrogens (tertiary/aromatic N) is 1. The number of unbranched alkanes of at least 4 members (excludes halogenated alkanes) is 1. The molecule has 0 spiro atoms. The molecule has 0 aliphatic rings. The maximum Gasteiger partial charge on any atom is 0.340 e. The van der Waals surface area contributed by atoms with Crippen LogP contribution in [0.3, 0.4) is 0 Å². The van der Waals surface area contributed by atoms with E-state index in [1.54, 1.807) is 18.2 Å². The van der Waals surface area contributed by atoms with Crippen molar-refractivity contribution in [2.45, 2.75) is 19.8 Å². The van der Waals surface area contributed by atoms with Gasteiger partial charge in [0.05, 0.1) is 31.0 Å². The Morgan fingerprint density at radius 1 is 1.15 bits per heavy atom. The lowest BCUT2D eigenvalue weighted by Gasteiger charge is -2.22. The molecule has 5 heteroatoms. The molecule has 1 aromatic rings. The van der Waals surface area contributed by atoms with E-state index in [2.05, 4.69) is 6.92 Å².